The normalized spacial score (nSPS) is 25.6. The van der Waals surface area contributed by atoms with Crippen molar-refractivity contribution in [3.63, 3.8) is 0 Å². The average molecular weight is 481 g/mol. The third-order valence-electron chi connectivity index (χ3n) is 6.99. The molecule has 0 unspecified atom stereocenters. The summed E-state index contributed by atoms with van der Waals surface area (Å²) in [5.74, 6) is 1.04. The summed E-state index contributed by atoms with van der Waals surface area (Å²) >= 11 is 5.98. The third kappa shape index (κ3) is 3.85. The molecule has 3 aliphatic rings. The van der Waals surface area contributed by atoms with Crippen LogP contribution in [0, 0.1) is 31.1 Å². The predicted octanol–water partition coefficient (Wildman–Crippen LogP) is 6.43. The molecule has 0 spiro atoms. The highest BCUT2D eigenvalue weighted by Gasteiger charge is 2.60. The van der Waals surface area contributed by atoms with Gasteiger partial charge in [-0.25, -0.2) is 0 Å². The molecule has 0 amide bonds. The second-order valence-electron chi connectivity index (χ2n) is 10.6. The van der Waals surface area contributed by atoms with Crippen molar-refractivity contribution in [1.82, 2.24) is 0 Å². The molecule has 2 heterocycles. The molecule has 2 aliphatic heterocycles. The van der Waals surface area contributed by atoms with Crippen LogP contribution in [0.5, 0.6) is 11.5 Å². The first-order chi connectivity index (χ1) is 16.0. The van der Waals surface area contributed by atoms with Crippen molar-refractivity contribution in [1.29, 1.82) is 0 Å². The van der Waals surface area contributed by atoms with Gasteiger partial charge in [0, 0.05) is 5.02 Å². The van der Waals surface area contributed by atoms with Gasteiger partial charge in [0.05, 0.1) is 35.0 Å². The van der Waals surface area contributed by atoms with E-state index in [1.807, 2.05) is 58.9 Å². The van der Waals surface area contributed by atoms with E-state index in [4.69, 9.17) is 25.8 Å². The number of hydrogen-bond acceptors (Lipinski definition) is 5. The molecule has 4 atom stereocenters. The minimum atomic E-state index is -0.682. The van der Waals surface area contributed by atoms with Crippen molar-refractivity contribution in [2.45, 2.75) is 59.7 Å². The molecule has 34 heavy (non-hydrogen) atoms. The molecular weight excluding hydrogens is 452 g/mol. The maximum atomic E-state index is 13.8. The van der Waals surface area contributed by atoms with Crippen LogP contribution in [0.4, 0.5) is 0 Å². The number of ether oxygens (including phenoxy) is 3. The first-order valence-corrected chi connectivity index (χ1v) is 12.1. The average Bonchev–Trinajstić information content (AvgIpc) is 3.43. The lowest BCUT2D eigenvalue weighted by atomic mass is 9.80. The van der Waals surface area contributed by atoms with Crippen molar-refractivity contribution in [2.24, 2.45) is 17.3 Å². The van der Waals surface area contributed by atoms with Crippen LogP contribution in [-0.2, 0) is 19.1 Å². The molecule has 6 heteroatoms. The Hall–Kier alpha value is -2.63. The van der Waals surface area contributed by atoms with Crippen LogP contribution in [0.3, 0.4) is 0 Å². The number of fused-ring (bicyclic) bond motifs is 5. The number of carbonyl (C=O) groups excluding carboxylic acids is 2. The smallest absolute Gasteiger partial charge is 0.316 e. The fraction of sp³-hybridized carbons (Fsp3) is 0.429. The Bertz CT molecular complexity index is 1180. The van der Waals surface area contributed by atoms with E-state index in [0.29, 0.717) is 27.9 Å². The molecule has 5 rings (SSSR count). The summed E-state index contributed by atoms with van der Waals surface area (Å²) in [7, 11) is 0. The zero-order chi connectivity index (χ0) is 24.4. The van der Waals surface area contributed by atoms with Crippen molar-refractivity contribution < 1.29 is 23.8 Å². The van der Waals surface area contributed by atoms with Gasteiger partial charge in [-0.1, -0.05) is 11.6 Å². The summed E-state index contributed by atoms with van der Waals surface area (Å²) in [6, 6.07) is 11.0. The molecule has 0 N–H and O–H groups in total. The Labute approximate surface area is 205 Å². The number of esters is 1. The lowest BCUT2D eigenvalue weighted by molar-refractivity contribution is -0.149. The zero-order valence-corrected chi connectivity index (χ0v) is 20.9. The lowest BCUT2D eigenvalue weighted by Crippen LogP contribution is -2.31. The van der Waals surface area contributed by atoms with Gasteiger partial charge >= 0.3 is 5.97 Å². The van der Waals surface area contributed by atoms with E-state index in [9.17, 15) is 9.59 Å². The number of aryl methyl sites for hydroxylation is 2. The molecule has 0 saturated carbocycles. The highest BCUT2D eigenvalue weighted by Crippen LogP contribution is 2.55. The van der Waals surface area contributed by atoms with Crippen LogP contribution in [0.1, 0.15) is 50.3 Å². The van der Waals surface area contributed by atoms with Crippen molar-refractivity contribution in [3.8, 4) is 11.5 Å². The summed E-state index contributed by atoms with van der Waals surface area (Å²) in [6.45, 7) is 9.38. The van der Waals surface area contributed by atoms with E-state index < -0.39 is 5.41 Å². The summed E-state index contributed by atoms with van der Waals surface area (Å²) in [6.07, 6.45) is 1.58. The summed E-state index contributed by atoms with van der Waals surface area (Å²) < 4.78 is 18.1. The van der Waals surface area contributed by atoms with E-state index in [-0.39, 0.29) is 35.8 Å². The number of rotatable bonds is 4. The first-order valence-electron chi connectivity index (χ1n) is 11.8. The molecule has 2 saturated heterocycles. The zero-order valence-electron chi connectivity index (χ0n) is 20.1. The van der Waals surface area contributed by atoms with Gasteiger partial charge in [0.25, 0.3) is 0 Å². The van der Waals surface area contributed by atoms with Gasteiger partial charge in [-0.15, -0.1) is 0 Å². The Morgan fingerprint density at radius 2 is 1.56 bits per heavy atom. The second-order valence-corrected chi connectivity index (χ2v) is 11.0. The fourth-order valence-corrected chi connectivity index (χ4v) is 5.56. The van der Waals surface area contributed by atoms with E-state index in [2.05, 4.69) is 0 Å². The lowest BCUT2D eigenvalue weighted by Gasteiger charge is -2.24. The van der Waals surface area contributed by atoms with Gasteiger partial charge in [0.1, 0.15) is 17.3 Å². The number of Topliss-reactive ketones (excluding diaryl/α,β-unsaturated/α-hetero) is 1. The van der Waals surface area contributed by atoms with Gasteiger partial charge < -0.3 is 14.2 Å². The second kappa shape index (κ2) is 8.24. The minimum absolute atomic E-state index is 0.0199. The van der Waals surface area contributed by atoms with Crippen LogP contribution in [0.2, 0.25) is 5.02 Å². The van der Waals surface area contributed by atoms with Crippen LogP contribution >= 0.6 is 11.6 Å². The molecule has 2 fully saturated rings. The maximum Gasteiger partial charge on any atom is 0.316 e. The molecule has 2 bridgehead atoms. The molecular formula is C28H29ClO5. The van der Waals surface area contributed by atoms with Gasteiger partial charge in [-0.3, -0.25) is 9.59 Å². The predicted molar refractivity (Wildman–Crippen MR) is 130 cm³/mol. The first kappa shape index (κ1) is 23.1. The molecule has 5 nitrogen and oxygen atoms in total. The SMILES string of the molecule is Cc1cc(Oc2ccc(Cl)cc2)cc(C)c1C1=C(OC(=O)C(C)(C)C)[C@H]2[C@@H](C1=O)[C@H]1CC[C@@H]2O1. The number of benzene rings is 2. The number of allylic oxidation sites excluding steroid dienone is 1. The number of ketones is 1. The van der Waals surface area contributed by atoms with Crippen LogP contribution in [0.15, 0.2) is 42.2 Å². The molecule has 0 radical (unpaired) electrons. The van der Waals surface area contributed by atoms with Crippen LogP contribution in [0.25, 0.3) is 5.57 Å². The minimum Gasteiger partial charge on any atom is -0.457 e. The fourth-order valence-electron chi connectivity index (χ4n) is 5.43. The van der Waals surface area contributed by atoms with Gasteiger partial charge in [-0.05, 0) is 101 Å². The molecule has 1 aliphatic carbocycles. The summed E-state index contributed by atoms with van der Waals surface area (Å²) in [4.78, 5) is 26.7. The Morgan fingerprint density at radius 3 is 2.15 bits per heavy atom. The van der Waals surface area contributed by atoms with E-state index in [1.165, 1.54) is 0 Å². The van der Waals surface area contributed by atoms with Gasteiger partial charge in [0.2, 0.25) is 0 Å². The highest BCUT2D eigenvalue weighted by atomic mass is 35.5. The Kier molecular flexibility index (Phi) is 5.61. The van der Waals surface area contributed by atoms with Crippen molar-refractivity contribution >= 4 is 28.9 Å². The Balaban J connectivity index is 1.57. The standard InChI is InChI=1S/C28H29ClO5/c1-14-12-18(32-17-8-6-16(29)7-9-17)13-15(2)21(14)24-25(30)22-19-10-11-20(33-19)23(22)26(24)34-27(31)28(3,4)5/h6-9,12-13,19-20,22-23H,10-11H2,1-5H3/t19-,20+,22+,23-/m1/s1. The summed E-state index contributed by atoms with van der Waals surface area (Å²) in [5, 5.41) is 0.641. The maximum absolute atomic E-state index is 13.8. The Morgan fingerprint density at radius 1 is 0.971 bits per heavy atom. The summed E-state index contributed by atoms with van der Waals surface area (Å²) in [5.41, 5.74) is 2.45. The van der Waals surface area contributed by atoms with Crippen molar-refractivity contribution in [2.75, 3.05) is 0 Å². The highest BCUT2D eigenvalue weighted by molar-refractivity contribution is 6.30. The monoisotopic (exact) mass is 480 g/mol. The van der Waals surface area contributed by atoms with Gasteiger partial charge in [0.15, 0.2) is 5.78 Å². The number of hydrogen-bond donors (Lipinski definition) is 0. The molecule has 2 aromatic rings. The quantitative estimate of drug-likeness (QED) is 0.472. The topological polar surface area (TPSA) is 61.8 Å². The van der Waals surface area contributed by atoms with Crippen LogP contribution in [-0.4, -0.2) is 24.0 Å². The van der Waals surface area contributed by atoms with E-state index in [0.717, 1.165) is 29.5 Å². The molecule has 0 aromatic heterocycles. The van der Waals surface area contributed by atoms with Crippen LogP contribution < -0.4 is 4.74 Å². The van der Waals surface area contributed by atoms with E-state index >= 15 is 0 Å². The molecule has 2 aromatic carbocycles. The van der Waals surface area contributed by atoms with Gasteiger partial charge in [-0.2, -0.15) is 0 Å². The largest absolute Gasteiger partial charge is 0.457 e. The number of halogens is 1. The molecule has 178 valence electrons. The number of carbonyl (C=O) groups is 2. The van der Waals surface area contributed by atoms with E-state index in [1.54, 1.807) is 12.1 Å². The third-order valence-corrected chi connectivity index (χ3v) is 7.24. The van der Waals surface area contributed by atoms with Crippen molar-refractivity contribution in [3.05, 3.63) is 63.9 Å².